The monoisotopic (exact) mass is 259 g/mol. The molecule has 18 heavy (non-hydrogen) atoms. The van der Waals surface area contributed by atoms with Crippen LogP contribution in [0.15, 0.2) is 0 Å². The first-order valence-electron chi connectivity index (χ1n) is 6.24. The Labute approximate surface area is 107 Å². The number of rotatable bonds is 1. The van der Waals surface area contributed by atoms with Gasteiger partial charge in [0.1, 0.15) is 5.60 Å². The lowest BCUT2D eigenvalue weighted by atomic mass is 10.1. The van der Waals surface area contributed by atoms with Crippen LogP contribution in [0.2, 0.25) is 0 Å². The van der Waals surface area contributed by atoms with E-state index < -0.39 is 17.5 Å². The van der Waals surface area contributed by atoms with Gasteiger partial charge < -0.3 is 19.3 Å². The van der Waals surface area contributed by atoms with Crippen LogP contribution >= 0.6 is 0 Å². The number of aliphatic hydroxyl groups excluding tert-OH is 1. The Balaban J connectivity index is 2.05. The summed E-state index contributed by atoms with van der Waals surface area (Å²) in [6.07, 6.45) is 0.0560. The lowest BCUT2D eigenvalue weighted by molar-refractivity contribution is -0.145. The second-order valence-corrected chi connectivity index (χ2v) is 5.76. The van der Waals surface area contributed by atoms with Gasteiger partial charge in [-0.25, -0.2) is 4.79 Å². The van der Waals surface area contributed by atoms with Crippen LogP contribution in [0.1, 0.15) is 27.2 Å². The maximum atomic E-state index is 12.1. The third-order valence-electron chi connectivity index (χ3n) is 3.05. The molecule has 6 nitrogen and oxygen atoms in total. The van der Waals surface area contributed by atoms with Crippen molar-refractivity contribution in [3.05, 3.63) is 0 Å². The second-order valence-electron chi connectivity index (χ2n) is 5.76. The van der Waals surface area contributed by atoms with Gasteiger partial charge in [-0.05, 0) is 20.8 Å². The molecule has 104 valence electrons. The number of amides is 1. The zero-order valence-electron chi connectivity index (χ0n) is 11.1. The smallest absolute Gasteiger partial charge is 0.410 e. The van der Waals surface area contributed by atoms with E-state index in [1.165, 1.54) is 4.90 Å². The van der Waals surface area contributed by atoms with E-state index >= 15 is 0 Å². The molecular weight excluding hydrogens is 238 g/mol. The highest BCUT2D eigenvalue weighted by Gasteiger charge is 2.50. The topological polar surface area (TPSA) is 68.2 Å². The summed E-state index contributed by atoms with van der Waals surface area (Å²) in [6, 6.07) is -0.307. The van der Waals surface area contributed by atoms with E-state index in [1.807, 2.05) is 20.8 Å². The number of hydrogen-bond donors (Lipinski definition) is 1. The molecule has 0 bridgehead atoms. The van der Waals surface area contributed by atoms with Crippen LogP contribution < -0.4 is 0 Å². The highest BCUT2D eigenvalue weighted by molar-refractivity contribution is 5.69. The molecule has 1 N–H and O–H groups in total. The Morgan fingerprint density at radius 1 is 1.44 bits per heavy atom. The van der Waals surface area contributed by atoms with Crippen molar-refractivity contribution >= 4 is 6.09 Å². The normalized spacial score (nSPS) is 26.9. The number of ether oxygens (including phenoxy) is 3. The molecule has 1 spiro atoms. The van der Waals surface area contributed by atoms with Crippen molar-refractivity contribution < 1.29 is 24.1 Å². The molecule has 0 radical (unpaired) electrons. The lowest BCUT2D eigenvalue weighted by Crippen LogP contribution is -2.42. The third-order valence-corrected chi connectivity index (χ3v) is 3.05. The Morgan fingerprint density at radius 3 is 2.56 bits per heavy atom. The van der Waals surface area contributed by atoms with Crippen LogP contribution in [0.5, 0.6) is 0 Å². The van der Waals surface area contributed by atoms with Crippen molar-refractivity contribution in [1.82, 2.24) is 4.90 Å². The molecule has 2 aliphatic rings. The van der Waals surface area contributed by atoms with Crippen LogP contribution in [0, 0.1) is 0 Å². The minimum absolute atomic E-state index is 0.117. The summed E-state index contributed by atoms with van der Waals surface area (Å²) in [6.45, 7) is 6.69. The van der Waals surface area contributed by atoms with Gasteiger partial charge in [0.25, 0.3) is 0 Å². The molecule has 0 saturated carbocycles. The van der Waals surface area contributed by atoms with Crippen molar-refractivity contribution in [2.24, 2.45) is 0 Å². The molecule has 6 heteroatoms. The van der Waals surface area contributed by atoms with Gasteiger partial charge in [0.2, 0.25) is 0 Å². The van der Waals surface area contributed by atoms with Crippen molar-refractivity contribution in [2.75, 3.05) is 26.4 Å². The SMILES string of the molecule is CC(C)(C)OC(=O)N1CC2(C[C@H]1CO)OCCO2. The van der Waals surface area contributed by atoms with Gasteiger partial charge in [-0.2, -0.15) is 0 Å². The fraction of sp³-hybridized carbons (Fsp3) is 0.917. The largest absolute Gasteiger partial charge is 0.444 e. The van der Waals surface area contributed by atoms with Gasteiger partial charge in [0.15, 0.2) is 5.79 Å². The highest BCUT2D eigenvalue weighted by atomic mass is 16.7. The van der Waals surface area contributed by atoms with Crippen LogP contribution in [-0.4, -0.2) is 59.9 Å². The zero-order chi connectivity index (χ0) is 13.4. The summed E-state index contributed by atoms with van der Waals surface area (Å²) < 4.78 is 16.4. The lowest BCUT2D eigenvalue weighted by Gasteiger charge is -2.27. The average molecular weight is 259 g/mol. The molecule has 0 aliphatic carbocycles. The minimum atomic E-state index is -0.746. The number of carbonyl (C=O) groups excluding carboxylic acids is 1. The number of carbonyl (C=O) groups is 1. The Bertz CT molecular complexity index is 319. The van der Waals surface area contributed by atoms with E-state index in [9.17, 15) is 9.90 Å². The summed E-state index contributed by atoms with van der Waals surface area (Å²) in [5, 5.41) is 9.37. The van der Waals surface area contributed by atoms with Crippen LogP contribution in [0.3, 0.4) is 0 Å². The minimum Gasteiger partial charge on any atom is -0.444 e. The molecule has 0 aromatic heterocycles. The van der Waals surface area contributed by atoms with Crippen molar-refractivity contribution in [1.29, 1.82) is 0 Å². The summed E-state index contributed by atoms with van der Waals surface area (Å²) in [5.74, 6) is -0.746. The number of hydrogen-bond acceptors (Lipinski definition) is 5. The number of likely N-dealkylation sites (tertiary alicyclic amines) is 1. The van der Waals surface area contributed by atoms with E-state index in [2.05, 4.69) is 0 Å². The fourth-order valence-corrected chi connectivity index (χ4v) is 2.33. The van der Waals surface area contributed by atoms with Gasteiger partial charge in [-0.3, -0.25) is 4.90 Å². The van der Waals surface area contributed by atoms with Crippen LogP contribution in [0.4, 0.5) is 4.79 Å². The summed E-state index contributed by atoms with van der Waals surface area (Å²) >= 11 is 0. The molecule has 0 aromatic carbocycles. The third kappa shape index (κ3) is 2.76. The molecule has 0 unspecified atom stereocenters. The molecule has 2 heterocycles. The van der Waals surface area contributed by atoms with Crippen molar-refractivity contribution in [3.63, 3.8) is 0 Å². The molecule has 1 amide bonds. The number of nitrogens with zero attached hydrogens (tertiary/aromatic N) is 1. The van der Waals surface area contributed by atoms with E-state index in [1.54, 1.807) is 0 Å². The summed E-state index contributed by atoms with van der Waals surface area (Å²) in [7, 11) is 0. The first-order valence-corrected chi connectivity index (χ1v) is 6.24. The van der Waals surface area contributed by atoms with Gasteiger partial charge in [-0.1, -0.05) is 0 Å². The summed E-state index contributed by atoms with van der Waals surface area (Å²) in [5.41, 5.74) is -0.551. The van der Waals surface area contributed by atoms with E-state index in [-0.39, 0.29) is 12.6 Å². The highest BCUT2D eigenvalue weighted by Crippen LogP contribution is 2.35. The van der Waals surface area contributed by atoms with Gasteiger partial charge in [-0.15, -0.1) is 0 Å². The quantitative estimate of drug-likeness (QED) is 0.752. The first-order chi connectivity index (χ1) is 8.35. The predicted octanol–water partition coefficient (Wildman–Crippen LogP) is 0.731. The molecule has 1 atom stereocenters. The van der Waals surface area contributed by atoms with Crippen LogP contribution in [0.25, 0.3) is 0 Å². The standard InChI is InChI=1S/C12H21NO5/c1-11(2,3)18-10(15)13-8-12(6-9(13)7-14)16-4-5-17-12/h9,14H,4-8H2,1-3H3/t9-/m0/s1. The second kappa shape index (κ2) is 4.68. The van der Waals surface area contributed by atoms with Crippen LogP contribution in [-0.2, 0) is 14.2 Å². The van der Waals surface area contributed by atoms with Gasteiger partial charge in [0, 0.05) is 6.42 Å². The molecule has 2 aliphatic heterocycles. The Morgan fingerprint density at radius 2 is 2.06 bits per heavy atom. The zero-order valence-corrected chi connectivity index (χ0v) is 11.1. The average Bonchev–Trinajstić information content (AvgIpc) is 2.84. The van der Waals surface area contributed by atoms with Gasteiger partial charge >= 0.3 is 6.09 Å². The van der Waals surface area contributed by atoms with Crippen molar-refractivity contribution in [2.45, 2.75) is 44.6 Å². The predicted molar refractivity (Wildman–Crippen MR) is 63.1 cm³/mol. The molecule has 2 fully saturated rings. The van der Waals surface area contributed by atoms with Crippen molar-refractivity contribution in [3.8, 4) is 0 Å². The molecule has 2 rings (SSSR count). The summed E-state index contributed by atoms with van der Waals surface area (Å²) in [4.78, 5) is 13.5. The maximum Gasteiger partial charge on any atom is 0.410 e. The number of aliphatic hydroxyl groups is 1. The fourth-order valence-electron chi connectivity index (χ4n) is 2.33. The Hall–Kier alpha value is -0.850. The maximum absolute atomic E-state index is 12.1. The Kier molecular flexibility index (Phi) is 3.53. The first kappa shape index (κ1) is 13.6. The van der Waals surface area contributed by atoms with E-state index in [0.717, 1.165) is 0 Å². The van der Waals surface area contributed by atoms with E-state index in [0.29, 0.717) is 26.2 Å². The van der Waals surface area contributed by atoms with Gasteiger partial charge in [0.05, 0.1) is 32.4 Å². The molecule has 2 saturated heterocycles. The molecular formula is C12H21NO5. The van der Waals surface area contributed by atoms with E-state index in [4.69, 9.17) is 14.2 Å². The molecule has 0 aromatic rings.